The molecule has 4 aromatic rings. The third-order valence-electron chi connectivity index (χ3n) is 6.42. The lowest BCUT2D eigenvalue weighted by molar-refractivity contribution is -0.117. The van der Waals surface area contributed by atoms with Gasteiger partial charge in [-0.3, -0.25) is 9.59 Å². The minimum absolute atomic E-state index is 0.0322. The Bertz CT molecular complexity index is 1400. The molecule has 0 saturated carbocycles. The third-order valence-corrected chi connectivity index (χ3v) is 6.42. The number of carbonyl (C=O) groups is 2. The van der Waals surface area contributed by atoms with Crippen molar-refractivity contribution in [1.29, 1.82) is 0 Å². The van der Waals surface area contributed by atoms with Crippen molar-refractivity contribution in [3.63, 3.8) is 0 Å². The van der Waals surface area contributed by atoms with Crippen molar-refractivity contribution >= 4 is 28.4 Å². The molecule has 0 bridgehead atoms. The Hall–Kier alpha value is -3.93. The molecule has 0 fully saturated rings. The number of anilines is 1. The van der Waals surface area contributed by atoms with Crippen molar-refractivity contribution in [2.45, 2.75) is 52.9 Å². The molecule has 1 heterocycles. The first-order valence-corrected chi connectivity index (χ1v) is 12.9. The SMILES string of the molecule is CCCCN(CC(=O)Nc1cc(C(C)(C)C)nn1-c1ccc(C)cc1)C(=O)c1ccc2ccccc2c1. The molecule has 0 aliphatic heterocycles. The summed E-state index contributed by atoms with van der Waals surface area (Å²) in [7, 11) is 0. The van der Waals surface area contributed by atoms with Gasteiger partial charge in [-0.25, -0.2) is 4.68 Å². The van der Waals surface area contributed by atoms with Crippen LogP contribution in [0.25, 0.3) is 16.5 Å². The molecule has 2 amide bonds. The van der Waals surface area contributed by atoms with Crippen molar-refractivity contribution < 1.29 is 9.59 Å². The van der Waals surface area contributed by atoms with E-state index >= 15 is 0 Å². The Kier molecular flexibility index (Phi) is 7.77. The fourth-order valence-corrected chi connectivity index (χ4v) is 4.18. The molecule has 6 heteroatoms. The molecule has 0 atom stereocenters. The molecule has 0 aliphatic carbocycles. The highest BCUT2D eigenvalue weighted by Gasteiger charge is 2.23. The highest BCUT2D eigenvalue weighted by Crippen LogP contribution is 2.26. The van der Waals surface area contributed by atoms with Gasteiger partial charge in [-0.2, -0.15) is 5.10 Å². The average molecular weight is 497 g/mol. The van der Waals surface area contributed by atoms with Crippen LogP contribution in [0.1, 0.15) is 62.2 Å². The summed E-state index contributed by atoms with van der Waals surface area (Å²) in [5, 5.41) is 9.91. The van der Waals surface area contributed by atoms with Crippen molar-refractivity contribution in [3.05, 3.63) is 89.6 Å². The number of nitrogens with one attached hydrogen (secondary N) is 1. The third kappa shape index (κ3) is 6.26. The van der Waals surface area contributed by atoms with Crippen LogP contribution in [0.5, 0.6) is 0 Å². The maximum absolute atomic E-state index is 13.5. The van der Waals surface area contributed by atoms with Crippen LogP contribution in [-0.2, 0) is 10.2 Å². The lowest BCUT2D eigenvalue weighted by Crippen LogP contribution is -2.39. The van der Waals surface area contributed by atoms with Crippen LogP contribution in [0.4, 0.5) is 5.82 Å². The summed E-state index contributed by atoms with van der Waals surface area (Å²) in [6.45, 7) is 10.9. The van der Waals surface area contributed by atoms with E-state index in [9.17, 15) is 9.59 Å². The molecule has 37 heavy (non-hydrogen) atoms. The molecule has 0 radical (unpaired) electrons. The van der Waals surface area contributed by atoms with Gasteiger partial charge in [-0.1, -0.05) is 82.1 Å². The second-order valence-electron chi connectivity index (χ2n) is 10.6. The summed E-state index contributed by atoms with van der Waals surface area (Å²) in [4.78, 5) is 28.4. The van der Waals surface area contributed by atoms with Crippen LogP contribution < -0.4 is 5.32 Å². The molecular formula is C31H36N4O2. The van der Waals surface area contributed by atoms with Gasteiger partial charge in [0.25, 0.3) is 5.91 Å². The molecule has 0 aliphatic rings. The lowest BCUT2D eigenvalue weighted by Gasteiger charge is -2.22. The second-order valence-corrected chi connectivity index (χ2v) is 10.6. The quantitative estimate of drug-likeness (QED) is 0.302. The first-order chi connectivity index (χ1) is 17.7. The zero-order chi connectivity index (χ0) is 26.6. The van der Waals surface area contributed by atoms with Crippen LogP contribution in [0.2, 0.25) is 0 Å². The Morgan fingerprint density at radius 2 is 1.65 bits per heavy atom. The Balaban J connectivity index is 1.58. The maximum atomic E-state index is 13.5. The van der Waals surface area contributed by atoms with Gasteiger partial charge < -0.3 is 10.2 Å². The maximum Gasteiger partial charge on any atom is 0.254 e. The summed E-state index contributed by atoms with van der Waals surface area (Å²) in [5.41, 5.74) is 3.29. The zero-order valence-electron chi connectivity index (χ0n) is 22.4. The number of nitrogens with zero attached hydrogens (tertiary/aromatic N) is 3. The van der Waals surface area contributed by atoms with E-state index in [-0.39, 0.29) is 23.8 Å². The van der Waals surface area contributed by atoms with Gasteiger partial charge in [0.1, 0.15) is 12.4 Å². The normalized spacial score (nSPS) is 11.5. The first-order valence-electron chi connectivity index (χ1n) is 12.9. The van der Waals surface area contributed by atoms with E-state index < -0.39 is 0 Å². The van der Waals surface area contributed by atoms with Gasteiger partial charge in [-0.15, -0.1) is 0 Å². The number of hydrogen-bond acceptors (Lipinski definition) is 3. The lowest BCUT2D eigenvalue weighted by atomic mass is 9.92. The number of carbonyl (C=O) groups excluding carboxylic acids is 2. The molecule has 0 saturated heterocycles. The highest BCUT2D eigenvalue weighted by atomic mass is 16.2. The number of hydrogen-bond donors (Lipinski definition) is 1. The molecule has 0 unspecified atom stereocenters. The predicted molar refractivity (Wildman–Crippen MR) is 150 cm³/mol. The molecule has 3 aromatic carbocycles. The number of amides is 2. The molecule has 4 rings (SSSR count). The first kappa shape index (κ1) is 26.1. The summed E-state index contributed by atoms with van der Waals surface area (Å²) >= 11 is 0. The average Bonchev–Trinajstić information content (AvgIpc) is 3.30. The van der Waals surface area contributed by atoms with Gasteiger partial charge in [0.05, 0.1) is 11.4 Å². The molecule has 0 spiro atoms. The number of aromatic nitrogens is 2. The van der Waals surface area contributed by atoms with Gasteiger partial charge in [0, 0.05) is 23.6 Å². The van der Waals surface area contributed by atoms with Crippen LogP contribution >= 0.6 is 0 Å². The monoisotopic (exact) mass is 496 g/mol. The van der Waals surface area contributed by atoms with Crippen LogP contribution in [0.3, 0.4) is 0 Å². The van der Waals surface area contributed by atoms with Crippen LogP contribution in [-0.4, -0.2) is 39.6 Å². The Labute approximate surface area is 219 Å². The standard InChI is InChI=1S/C31H36N4O2/c1-6-7-18-34(30(37)25-15-14-23-10-8-9-11-24(23)19-25)21-29(36)32-28-20-27(31(3,4)5)33-35(28)26-16-12-22(2)13-17-26/h8-17,19-20H,6-7,18,21H2,1-5H3,(H,32,36). The Morgan fingerprint density at radius 3 is 2.32 bits per heavy atom. The minimum atomic E-state index is -0.251. The molecule has 192 valence electrons. The number of rotatable bonds is 8. The van der Waals surface area contributed by atoms with Crippen molar-refractivity contribution in [1.82, 2.24) is 14.7 Å². The summed E-state index contributed by atoms with van der Waals surface area (Å²) in [5.74, 6) is 0.197. The zero-order valence-corrected chi connectivity index (χ0v) is 22.4. The van der Waals surface area contributed by atoms with Gasteiger partial charge in [-0.05, 0) is 48.4 Å². The van der Waals surface area contributed by atoms with E-state index in [1.54, 1.807) is 9.58 Å². The molecule has 6 nitrogen and oxygen atoms in total. The van der Waals surface area contributed by atoms with Crippen LogP contribution in [0, 0.1) is 6.92 Å². The van der Waals surface area contributed by atoms with E-state index in [4.69, 9.17) is 5.10 Å². The van der Waals surface area contributed by atoms with E-state index in [0.29, 0.717) is 17.9 Å². The summed E-state index contributed by atoms with van der Waals surface area (Å²) < 4.78 is 1.76. The van der Waals surface area contributed by atoms with Crippen molar-refractivity contribution in [2.75, 3.05) is 18.4 Å². The summed E-state index contributed by atoms with van der Waals surface area (Å²) in [6, 6.07) is 23.6. The predicted octanol–water partition coefficient (Wildman–Crippen LogP) is 6.51. The minimum Gasteiger partial charge on any atom is -0.329 e. The summed E-state index contributed by atoms with van der Waals surface area (Å²) in [6.07, 6.45) is 1.75. The number of fused-ring (bicyclic) bond motifs is 1. The van der Waals surface area contributed by atoms with Crippen molar-refractivity contribution in [3.8, 4) is 5.69 Å². The van der Waals surface area contributed by atoms with Crippen LogP contribution in [0.15, 0.2) is 72.8 Å². The van der Waals surface area contributed by atoms with E-state index in [2.05, 4.69) is 33.0 Å². The van der Waals surface area contributed by atoms with Gasteiger partial charge >= 0.3 is 0 Å². The number of aryl methyl sites for hydroxylation is 1. The number of unbranched alkanes of at least 4 members (excludes halogenated alkanes) is 1. The smallest absolute Gasteiger partial charge is 0.254 e. The molecule has 1 aromatic heterocycles. The molecular weight excluding hydrogens is 460 g/mol. The fraction of sp³-hybridized carbons (Fsp3) is 0.323. The van der Waals surface area contributed by atoms with E-state index in [1.165, 1.54) is 0 Å². The topological polar surface area (TPSA) is 67.2 Å². The second kappa shape index (κ2) is 11.0. The Morgan fingerprint density at radius 1 is 0.946 bits per heavy atom. The highest BCUT2D eigenvalue weighted by molar-refractivity contribution is 6.01. The fourth-order valence-electron chi connectivity index (χ4n) is 4.18. The van der Waals surface area contributed by atoms with Gasteiger partial charge in [0.2, 0.25) is 5.91 Å². The van der Waals surface area contributed by atoms with Gasteiger partial charge in [0.15, 0.2) is 0 Å². The van der Waals surface area contributed by atoms with E-state index in [0.717, 1.165) is 40.6 Å². The number of benzene rings is 3. The molecule has 1 N–H and O–H groups in total. The van der Waals surface area contributed by atoms with E-state index in [1.807, 2.05) is 79.7 Å². The van der Waals surface area contributed by atoms with Crippen molar-refractivity contribution in [2.24, 2.45) is 0 Å². The largest absolute Gasteiger partial charge is 0.329 e.